The highest BCUT2D eigenvalue weighted by atomic mass is 32.2. The first-order valence-electron chi connectivity index (χ1n) is 8.71. The van der Waals surface area contributed by atoms with E-state index in [9.17, 15) is 13.2 Å². The number of aryl methyl sites for hydroxylation is 3. The van der Waals surface area contributed by atoms with E-state index < -0.39 is 9.84 Å². The van der Waals surface area contributed by atoms with Crippen LogP contribution in [0.25, 0.3) is 10.9 Å². The monoisotopic (exact) mass is 392 g/mol. The van der Waals surface area contributed by atoms with Crippen LogP contribution in [-0.4, -0.2) is 42.1 Å². The molecule has 7 heteroatoms. The molecule has 1 aliphatic rings. The van der Waals surface area contributed by atoms with Crippen LogP contribution in [0.4, 0.5) is 0 Å². The number of hydrogen-bond acceptors (Lipinski definition) is 5. The molecule has 5 nitrogen and oxygen atoms in total. The summed E-state index contributed by atoms with van der Waals surface area (Å²) in [5.74, 6) is 0.0586. The number of aromatic nitrogens is 1. The molecule has 1 aliphatic heterocycles. The van der Waals surface area contributed by atoms with Gasteiger partial charge in [-0.15, -0.1) is 0 Å². The van der Waals surface area contributed by atoms with E-state index in [1.54, 1.807) is 0 Å². The Morgan fingerprint density at radius 2 is 1.96 bits per heavy atom. The van der Waals surface area contributed by atoms with E-state index in [4.69, 9.17) is 4.98 Å². The van der Waals surface area contributed by atoms with Crippen LogP contribution >= 0.6 is 11.8 Å². The summed E-state index contributed by atoms with van der Waals surface area (Å²) in [6, 6.07) is 5.98. The summed E-state index contributed by atoms with van der Waals surface area (Å²) in [7, 11) is -3.00. The highest BCUT2D eigenvalue weighted by Crippen LogP contribution is 2.29. The van der Waals surface area contributed by atoms with E-state index in [0.29, 0.717) is 6.42 Å². The summed E-state index contributed by atoms with van der Waals surface area (Å²) in [4.78, 5) is 17.2. The number of nitrogens with zero attached hydrogens (tertiary/aromatic N) is 1. The van der Waals surface area contributed by atoms with Crippen molar-refractivity contribution in [1.82, 2.24) is 10.3 Å². The van der Waals surface area contributed by atoms with Crippen molar-refractivity contribution in [2.24, 2.45) is 0 Å². The summed E-state index contributed by atoms with van der Waals surface area (Å²) in [5, 5.41) is 4.47. The average molecular weight is 393 g/mol. The molecular formula is C19H24N2O3S2. The van der Waals surface area contributed by atoms with Crippen LogP contribution in [0.1, 0.15) is 30.0 Å². The van der Waals surface area contributed by atoms with Crippen LogP contribution < -0.4 is 5.32 Å². The Hall–Kier alpha value is -1.60. The Bertz CT molecular complexity index is 970. The molecule has 3 rings (SSSR count). The second-order valence-corrected chi connectivity index (χ2v) is 10.7. The second kappa shape index (κ2) is 7.19. The minimum atomic E-state index is -3.00. The number of rotatable bonds is 4. The first kappa shape index (κ1) is 19.2. The van der Waals surface area contributed by atoms with Crippen LogP contribution in [0.15, 0.2) is 23.2 Å². The third kappa shape index (κ3) is 4.20. The normalized spacial score (nSPS) is 20.2. The average Bonchev–Trinajstić information content (AvgIpc) is 2.87. The lowest BCUT2D eigenvalue weighted by Crippen LogP contribution is -2.39. The lowest BCUT2D eigenvalue weighted by atomic mass is 10.0. The van der Waals surface area contributed by atoms with Gasteiger partial charge < -0.3 is 5.32 Å². The van der Waals surface area contributed by atoms with E-state index in [-0.39, 0.29) is 28.7 Å². The number of hydrogen-bond donors (Lipinski definition) is 1. The zero-order chi connectivity index (χ0) is 19.1. The van der Waals surface area contributed by atoms with Crippen molar-refractivity contribution in [3.8, 4) is 0 Å². The lowest BCUT2D eigenvalue weighted by Gasteiger charge is -2.16. The van der Waals surface area contributed by atoms with E-state index in [1.807, 2.05) is 19.9 Å². The van der Waals surface area contributed by atoms with Crippen molar-refractivity contribution in [3.05, 3.63) is 34.9 Å². The van der Waals surface area contributed by atoms with Crippen LogP contribution in [0, 0.1) is 20.8 Å². The van der Waals surface area contributed by atoms with Crippen molar-refractivity contribution in [1.29, 1.82) is 0 Å². The van der Waals surface area contributed by atoms with Gasteiger partial charge in [-0.1, -0.05) is 23.4 Å². The first-order chi connectivity index (χ1) is 12.1. The molecule has 0 bridgehead atoms. The number of nitrogens with one attached hydrogen (secondary N) is 1. The van der Waals surface area contributed by atoms with Crippen molar-refractivity contribution in [2.45, 2.75) is 50.4 Å². The van der Waals surface area contributed by atoms with Crippen LogP contribution in [0.5, 0.6) is 0 Å². The van der Waals surface area contributed by atoms with Crippen molar-refractivity contribution >= 4 is 38.4 Å². The smallest absolute Gasteiger partial charge is 0.233 e. The van der Waals surface area contributed by atoms with Gasteiger partial charge in [-0.25, -0.2) is 13.4 Å². The first-order valence-corrected chi connectivity index (χ1v) is 11.4. The maximum absolute atomic E-state index is 12.4. The highest BCUT2D eigenvalue weighted by molar-refractivity contribution is 8.00. The van der Waals surface area contributed by atoms with Gasteiger partial charge in [0.15, 0.2) is 9.84 Å². The van der Waals surface area contributed by atoms with Gasteiger partial charge in [0.1, 0.15) is 0 Å². The van der Waals surface area contributed by atoms with Gasteiger partial charge in [-0.3, -0.25) is 4.79 Å². The zero-order valence-corrected chi connectivity index (χ0v) is 17.1. The lowest BCUT2D eigenvalue weighted by molar-refractivity contribution is -0.120. The molecule has 26 heavy (non-hydrogen) atoms. The van der Waals surface area contributed by atoms with Gasteiger partial charge in [-0.2, -0.15) is 0 Å². The molecule has 140 valence electrons. The number of carbonyl (C=O) groups is 1. The molecule has 0 radical (unpaired) electrons. The third-order valence-electron chi connectivity index (χ3n) is 4.68. The molecule has 0 saturated carbocycles. The Morgan fingerprint density at radius 3 is 2.62 bits per heavy atom. The third-order valence-corrected chi connectivity index (χ3v) is 7.46. The molecular weight excluding hydrogens is 368 g/mol. The van der Waals surface area contributed by atoms with E-state index in [2.05, 4.69) is 31.3 Å². The second-order valence-electron chi connectivity index (χ2n) is 7.12. The minimum absolute atomic E-state index is 0.0437. The van der Waals surface area contributed by atoms with Crippen LogP contribution in [-0.2, 0) is 14.6 Å². The topological polar surface area (TPSA) is 76.1 Å². The fraction of sp³-hybridized carbons (Fsp3) is 0.474. The molecule has 0 spiro atoms. The number of amides is 1. The molecule has 1 saturated heterocycles. The predicted molar refractivity (Wildman–Crippen MR) is 106 cm³/mol. The summed E-state index contributed by atoms with van der Waals surface area (Å²) < 4.78 is 23.1. The molecule has 2 heterocycles. The predicted octanol–water partition coefficient (Wildman–Crippen LogP) is 2.94. The maximum Gasteiger partial charge on any atom is 0.233 e. The van der Waals surface area contributed by atoms with Gasteiger partial charge >= 0.3 is 0 Å². The number of thioether (sulfide) groups is 1. The number of benzene rings is 1. The Kier molecular flexibility index (Phi) is 5.30. The number of sulfone groups is 1. The summed E-state index contributed by atoms with van der Waals surface area (Å²) in [5.41, 5.74) is 4.43. The molecule has 2 atom stereocenters. The number of carbonyl (C=O) groups excluding carboxylic acids is 1. The van der Waals surface area contributed by atoms with Crippen molar-refractivity contribution < 1.29 is 13.2 Å². The van der Waals surface area contributed by atoms with E-state index in [0.717, 1.165) is 27.1 Å². The summed E-state index contributed by atoms with van der Waals surface area (Å²) in [6.07, 6.45) is 0.497. The molecule has 0 aliphatic carbocycles. The van der Waals surface area contributed by atoms with Crippen LogP contribution in [0.3, 0.4) is 0 Å². The summed E-state index contributed by atoms with van der Waals surface area (Å²) >= 11 is 1.40. The molecule has 1 amide bonds. The number of pyridine rings is 1. The van der Waals surface area contributed by atoms with Gasteiger partial charge in [0.05, 0.1) is 27.3 Å². The Labute approximate surface area is 158 Å². The quantitative estimate of drug-likeness (QED) is 0.810. The molecule has 1 N–H and O–H groups in total. The fourth-order valence-corrected chi connectivity index (χ4v) is 5.94. The standard InChI is InChI=1S/C19H24N2O3S2/c1-11-7-13(3)18-16(8-11)12(2)9-17(21-18)25-14(4)19(22)20-15-5-6-26(23,24)10-15/h7-9,14-15H,5-6,10H2,1-4H3,(H,20,22)/t14-,15-/m1/s1. The molecule has 0 unspecified atom stereocenters. The van der Waals surface area contributed by atoms with Crippen LogP contribution in [0.2, 0.25) is 0 Å². The minimum Gasteiger partial charge on any atom is -0.351 e. The SMILES string of the molecule is Cc1cc(C)c2nc(S[C@H](C)C(=O)N[C@@H]3CCS(=O)(=O)C3)cc(C)c2c1. The maximum atomic E-state index is 12.4. The molecule has 1 aromatic heterocycles. The van der Waals surface area contributed by atoms with E-state index >= 15 is 0 Å². The zero-order valence-electron chi connectivity index (χ0n) is 15.5. The van der Waals surface area contributed by atoms with Crippen molar-refractivity contribution in [2.75, 3.05) is 11.5 Å². The summed E-state index contributed by atoms with van der Waals surface area (Å²) in [6.45, 7) is 8.00. The molecule has 2 aromatic rings. The number of fused-ring (bicyclic) bond motifs is 1. The Morgan fingerprint density at radius 1 is 1.23 bits per heavy atom. The van der Waals surface area contributed by atoms with Crippen molar-refractivity contribution in [3.63, 3.8) is 0 Å². The highest BCUT2D eigenvalue weighted by Gasteiger charge is 2.30. The van der Waals surface area contributed by atoms with Gasteiger partial charge in [0, 0.05) is 11.4 Å². The Balaban J connectivity index is 1.75. The molecule has 1 fully saturated rings. The van der Waals surface area contributed by atoms with Gasteiger partial charge in [-0.05, 0) is 57.4 Å². The fourth-order valence-electron chi connectivity index (χ4n) is 3.34. The van der Waals surface area contributed by atoms with Gasteiger partial charge in [0.25, 0.3) is 0 Å². The van der Waals surface area contributed by atoms with E-state index in [1.165, 1.54) is 17.3 Å². The molecule has 1 aromatic carbocycles. The largest absolute Gasteiger partial charge is 0.351 e. The van der Waals surface area contributed by atoms with Gasteiger partial charge in [0.2, 0.25) is 5.91 Å².